The fourth-order valence-electron chi connectivity index (χ4n) is 2.76. The summed E-state index contributed by atoms with van der Waals surface area (Å²) in [6.07, 6.45) is 0.834. The van der Waals surface area contributed by atoms with Crippen molar-refractivity contribution < 1.29 is 4.79 Å². The third-order valence-electron chi connectivity index (χ3n) is 4.51. The summed E-state index contributed by atoms with van der Waals surface area (Å²) in [4.78, 5) is 12.4. The van der Waals surface area contributed by atoms with Crippen molar-refractivity contribution in [3.8, 4) is 11.3 Å². The van der Waals surface area contributed by atoms with Gasteiger partial charge in [-0.15, -0.1) is 0 Å². The molecule has 3 aromatic rings. The number of carbonyl (C=O) groups excluding carboxylic acids is 1. The van der Waals surface area contributed by atoms with Crippen LogP contribution in [-0.2, 0) is 6.54 Å². The molecule has 0 unspecified atom stereocenters. The van der Waals surface area contributed by atoms with E-state index in [0.29, 0.717) is 28.8 Å². The highest BCUT2D eigenvalue weighted by Gasteiger charge is 2.20. The minimum atomic E-state index is -0.310. The van der Waals surface area contributed by atoms with Crippen molar-refractivity contribution in [1.29, 1.82) is 0 Å². The molecule has 0 spiro atoms. The minimum absolute atomic E-state index is 0.0552. The highest BCUT2D eigenvalue weighted by Crippen LogP contribution is 2.33. The Hall–Kier alpha value is -2.99. The van der Waals surface area contributed by atoms with Crippen LogP contribution in [0.2, 0.25) is 5.02 Å². The molecular weight excluding hydrogens is 374 g/mol. The number of halogens is 1. The molecule has 2 aromatic carbocycles. The molecule has 0 saturated carbocycles. The fraction of sp³-hybridized carbons (Fsp3) is 0.238. The van der Waals surface area contributed by atoms with Gasteiger partial charge < -0.3 is 16.4 Å². The zero-order chi connectivity index (χ0) is 20.1. The number of urea groups is 1. The first kappa shape index (κ1) is 19.8. The van der Waals surface area contributed by atoms with Crippen LogP contribution in [0.5, 0.6) is 0 Å². The summed E-state index contributed by atoms with van der Waals surface area (Å²) in [6.45, 7) is 4.46. The number of rotatable bonds is 6. The highest BCUT2D eigenvalue weighted by atomic mass is 35.5. The Balaban J connectivity index is 1.97. The lowest BCUT2D eigenvalue weighted by Gasteiger charge is -2.13. The molecule has 0 radical (unpaired) electrons. The Kier molecular flexibility index (Phi) is 6.21. The van der Waals surface area contributed by atoms with Gasteiger partial charge in [0.2, 0.25) is 0 Å². The number of nitrogen functional groups attached to an aromatic ring is 1. The fourth-order valence-corrected chi connectivity index (χ4v) is 2.89. The van der Waals surface area contributed by atoms with Gasteiger partial charge in [-0.1, -0.05) is 61.0 Å². The molecule has 1 atom stereocenters. The molecule has 6 nitrogen and oxygen atoms in total. The van der Waals surface area contributed by atoms with Crippen LogP contribution in [0.3, 0.4) is 0 Å². The van der Waals surface area contributed by atoms with E-state index in [1.54, 1.807) is 16.8 Å². The van der Waals surface area contributed by atoms with E-state index in [1.807, 2.05) is 56.3 Å². The quantitative estimate of drug-likeness (QED) is 0.560. The maximum Gasteiger partial charge on any atom is 0.319 e. The van der Waals surface area contributed by atoms with Crippen molar-refractivity contribution in [2.75, 3.05) is 11.1 Å². The molecule has 7 heteroatoms. The van der Waals surface area contributed by atoms with Crippen molar-refractivity contribution >= 4 is 29.1 Å². The van der Waals surface area contributed by atoms with E-state index in [4.69, 9.17) is 17.3 Å². The van der Waals surface area contributed by atoms with Gasteiger partial charge in [-0.2, -0.15) is 5.10 Å². The van der Waals surface area contributed by atoms with Crippen molar-refractivity contribution in [3.05, 3.63) is 65.2 Å². The van der Waals surface area contributed by atoms with Gasteiger partial charge in [0.25, 0.3) is 0 Å². The molecule has 146 valence electrons. The van der Waals surface area contributed by atoms with Crippen LogP contribution in [0.1, 0.15) is 25.8 Å². The molecule has 0 fully saturated rings. The van der Waals surface area contributed by atoms with E-state index in [0.717, 1.165) is 17.5 Å². The lowest BCUT2D eigenvalue weighted by Crippen LogP contribution is -2.35. The van der Waals surface area contributed by atoms with Crippen molar-refractivity contribution in [3.63, 3.8) is 0 Å². The maximum atomic E-state index is 12.4. The summed E-state index contributed by atoms with van der Waals surface area (Å²) in [5.74, 6) is 0.396. The topological polar surface area (TPSA) is 85.0 Å². The number of amides is 2. The normalized spacial score (nSPS) is 11.8. The van der Waals surface area contributed by atoms with Gasteiger partial charge in [0.05, 0.1) is 6.54 Å². The predicted molar refractivity (Wildman–Crippen MR) is 115 cm³/mol. The van der Waals surface area contributed by atoms with Crippen LogP contribution in [0.4, 0.5) is 16.3 Å². The number of aromatic nitrogens is 2. The standard InChI is InChI=1S/C21H24ClN5O/c1-3-14(2)24-21(28)25-19-18(16-9-11-17(22)12-10-16)26-27(20(19)23)13-15-7-5-4-6-8-15/h4-12,14H,3,13,23H2,1-2H3,(H2,24,25,28)/t14-/m1/s1. The third-order valence-corrected chi connectivity index (χ3v) is 4.76. The van der Waals surface area contributed by atoms with Crippen LogP contribution in [0, 0.1) is 0 Å². The molecule has 0 aliphatic carbocycles. The number of anilines is 2. The second kappa shape index (κ2) is 8.80. The molecule has 28 heavy (non-hydrogen) atoms. The summed E-state index contributed by atoms with van der Waals surface area (Å²) < 4.78 is 1.69. The Morgan fingerprint density at radius 2 is 1.86 bits per heavy atom. The second-order valence-electron chi connectivity index (χ2n) is 6.67. The SMILES string of the molecule is CC[C@@H](C)NC(=O)Nc1c(-c2ccc(Cl)cc2)nn(Cc2ccccc2)c1N. The first-order valence-corrected chi connectivity index (χ1v) is 9.59. The molecule has 3 rings (SSSR count). The Labute approximate surface area is 169 Å². The molecular formula is C21H24ClN5O. The van der Waals surface area contributed by atoms with Gasteiger partial charge >= 0.3 is 6.03 Å². The predicted octanol–water partition coefficient (Wildman–Crippen LogP) is 4.75. The summed E-state index contributed by atoms with van der Waals surface area (Å²) >= 11 is 6.01. The van der Waals surface area contributed by atoms with Crippen molar-refractivity contribution in [2.24, 2.45) is 0 Å². The average molecular weight is 398 g/mol. The van der Waals surface area contributed by atoms with E-state index in [-0.39, 0.29) is 12.1 Å². The Morgan fingerprint density at radius 1 is 1.18 bits per heavy atom. The van der Waals surface area contributed by atoms with Crippen LogP contribution in [0.15, 0.2) is 54.6 Å². The zero-order valence-corrected chi connectivity index (χ0v) is 16.7. The number of hydrogen-bond acceptors (Lipinski definition) is 3. The summed E-state index contributed by atoms with van der Waals surface area (Å²) in [5.41, 5.74) is 9.34. The molecule has 0 aliphatic rings. The number of nitrogens with one attached hydrogen (secondary N) is 2. The first-order valence-electron chi connectivity index (χ1n) is 9.21. The van der Waals surface area contributed by atoms with Gasteiger partial charge in [-0.05, 0) is 31.0 Å². The summed E-state index contributed by atoms with van der Waals surface area (Å²) in [7, 11) is 0. The first-order chi connectivity index (χ1) is 13.5. The van der Waals surface area contributed by atoms with Gasteiger partial charge in [0.1, 0.15) is 17.2 Å². The van der Waals surface area contributed by atoms with E-state index in [2.05, 4.69) is 15.7 Å². The zero-order valence-electron chi connectivity index (χ0n) is 15.9. The summed E-state index contributed by atoms with van der Waals surface area (Å²) in [5, 5.41) is 11.1. The maximum absolute atomic E-state index is 12.4. The van der Waals surface area contributed by atoms with Gasteiger partial charge in [-0.3, -0.25) is 0 Å². The molecule has 0 aliphatic heterocycles. The monoisotopic (exact) mass is 397 g/mol. The van der Waals surface area contributed by atoms with E-state index in [1.165, 1.54) is 0 Å². The largest absolute Gasteiger partial charge is 0.382 e. The Bertz CT molecular complexity index is 937. The molecule has 4 N–H and O–H groups in total. The van der Waals surface area contributed by atoms with Crippen LogP contribution in [-0.4, -0.2) is 21.9 Å². The van der Waals surface area contributed by atoms with E-state index >= 15 is 0 Å². The second-order valence-corrected chi connectivity index (χ2v) is 7.10. The number of hydrogen-bond donors (Lipinski definition) is 3. The number of nitrogens with two attached hydrogens (primary N) is 1. The molecule has 2 amide bonds. The van der Waals surface area contributed by atoms with Crippen LogP contribution < -0.4 is 16.4 Å². The number of benzene rings is 2. The van der Waals surface area contributed by atoms with Gasteiger partial charge in [-0.25, -0.2) is 9.48 Å². The van der Waals surface area contributed by atoms with E-state index < -0.39 is 0 Å². The van der Waals surface area contributed by atoms with Gasteiger partial charge in [0, 0.05) is 16.6 Å². The van der Waals surface area contributed by atoms with Crippen LogP contribution in [0.25, 0.3) is 11.3 Å². The minimum Gasteiger partial charge on any atom is -0.382 e. The summed E-state index contributed by atoms with van der Waals surface area (Å²) in [6, 6.07) is 16.9. The number of nitrogens with zero attached hydrogens (tertiary/aromatic N) is 2. The Morgan fingerprint density at radius 3 is 2.50 bits per heavy atom. The van der Waals surface area contributed by atoms with Gasteiger partial charge in [0.15, 0.2) is 0 Å². The molecule has 0 saturated heterocycles. The molecule has 1 heterocycles. The van der Waals surface area contributed by atoms with E-state index in [9.17, 15) is 4.79 Å². The van der Waals surface area contributed by atoms with Crippen LogP contribution >= 0.6 is 11.6 Å². The lowest BCUT2D eigenvalue weighted by atomic mass is 10.1. The molecule has 1 aromatic heterocycles. The number of carbonyl (C=O) groups is 1. The molecule has 0 bridgehead atoms. The van der Waals surface area contributed by atoms with Crippen molar-refractivity contribution in [1.82, 2.24) is 15.1 Å². The highest BCUT2D eigenvalue weighted by molar-refractivity contribution is 6.30. The average Bonchev–Trinajstić information content (AvgIpc) is 2.99. The van der Waals surface area contributed by atoms with Crippen molar-refractivity contribution in [2.45, 2.75) is 32.9 Å². The lowest BCUT2D eigenvalue weighted by molar-refractivity contribution is 0.249. The third kappa shape index (κ3) is 4.64. The smallest absolute Gasteiger partial charge is 0.319 e.